The lowest BCUT2D eigenvalue weighted by Gasteiger charge is -2.19. The average Bonchev–Trinajstić information content (AvgIpc) is 2.28. The molecule has 0 saturated carbocycles. The van der Waals surface area contributed by atoms with E-state index in [0.717, 1.165) is 19.4 Å². The van der Waals surface area contributed by atoms with Crippen LogP contribution in [-0.2, 0) is 9.53 Å². The molecule has 1 amide bonds. The van der Waals surface area contributed by atoms with Gasteiger partial charge in [-0.3, -0.25) is 9.69 Å². The summed E-state index contributed by atoms with van der Waals surface area (Å²) >= 11 is 0. The molecule has 0 unspecified atom stereocenters. The summed E-state index contributed by atoms with van der Waals surface area (Å²) in [7, 11) is 0. The van der Waals surface area contributed by atoms with Crippen molar-refractivity contribution in [1.82, 2.24) is 10.2 Å². The number of carbonyl (C=O) groups is 1. The number of hydrogen-bond acceptors (Lipinski definition) is 4. The maximum absolute atomic E-state index is 11.6. The van der Waals surface area contributed by atoms with E-state index in [9.17, 15) is 4.79 Å². The Labute approximate surface area is 110 Å². The molecular weight excluding hydrogens is 232 g/mol. The zero-order valence-electron chi connectivity index (χ0n) is 11.9. The molecule has 0 rings (SSSR count). The zero-order chi connectivity index (χ0) is 13.8. The molecule has 0 aliphatic rings. The Balaban J connectivity index is 3.61. The molecule has 5 heteroatoms. The normalized spacial score (nSPS) is 11.2. The maximum atomic E-state index is 11.6. The van der Waals surface area contributed by atoms with Gasteiger partial charge in [0.1, 0.15) is 0 Å². The van der Waals surface area contributed by atoms with Crippen molar-refractivity contribution in [2.24, 2.45) is 0 Å². The summed E-state index contributed by atoms with van der Waals surface area (Å²) in [5.41, 5.74) is 0. The van der Waals surface area contributed by atoms with E-state index in [1.54, 1.807) is 0 Å². The molecule has 108 valence electrons. The van der Waals surface area contributed by atoms with E-state index < -0.39 is 0 Å². The van der Waals surface area contributed by atoms with Crippen LogP contribution < -0.4 is 5.32 Å². The monoisotopic (exact) mass is 260 g/mol. The Kier molecular flexibility index (Phi) is 11.0. The standard InChI is InChI=1S/C13H28N2O3/c1-4-7-15(8-9-16)11-13(17)14-6-5-10-18-12(2)3/h12,16H,4-11H2,1-3H3,(H,14,17). The molecule has 0 bridgehead atoms. The molecule has 0 atom stereocenters. The van der Waals surface area contributed by atoms with E-state index >= 15 is 0 Å². The van der Waals surface area contributed by atoms with E-state index in [2.05, 4.69) is 12.2 Å². The predicted octanol–water partition coefficient (Wildman–Crippen LogP) is 0.622. The highest BCUT2D eigenvalue weighted by molar-refractivity contribution is 5.77. The van der Waals surface area contributed by atoms with Crippen molar-refractivity contribution in [3.63, 3.8) is 0 Å². The first-order valence-corrected chi connectivity index (χ1v) is 6.81. The van der Waals surface area contributed by atoms with Crippen LogP contribution in [0, 0.1) is 0 Å². The number of amides is 1. The Bertz CT molecular complexity index is 204. The van der Waals surface area contributed by atoms with Crippen LogP contribution >= 0.6 is 0 Å². The fourth-order valence-corrected chi connectivity index (χ4v) is 1.61. The number of nitrogens with zero attached hydrogens (tertiary/aromatic N) is 1. The largest absolute Gasteiger partial charge is 0.395 e. The molecule has 0 aromatic heterocycles. The summed E-state index contributed by atoms with van der Waals surface area (Å²) in [4.78, 5) is 13.6. The van der Waals surface area contributed by atoms with Gasteiger partial charge in [-0.1, -0.05) is 6.92 Å². The van der Waals surface area contributed by atoms with E-state index in [0.29, 0.717) is 26.2 Å². The lowest BCUT2D eigenvalue weighted by atomic mass is 10.3. The van der Waals surface area contributed by atoms with Crippen LogP contribution in [0.5, 0.6) is 0 Å². The Morgan fingerprint density at radius 1 is 1.39 bits per heavy atom. The number of aliphatic hydroxyl groups excluding tert-OH is 1. The van der Waals surface area contributed by atoms with Gasteiger partial charge >= 0.3 is 0 Å². The average molecular weight is 260 g/mol. The highest BCUT2D eigenvalue weighted by atomic mass is 16.5. The third-order valence-electron chi connectivity index (χ3n) is 2.42. The molecule has 18 heavy (non-hydrogen) atoms. The first kappa shape index (κ1) is 17.4. The summed E-state index contributed by atoms with van der Waals surface area (Å²) in [6, 6.07) is 0. The van der Waals surface area contributed by atoms with Gasteiger partial charge in [0.2, 0.25) is 5.91 Å². The van der Waals surface area contributed by atoms with Gasteiger partial charge in [-0.25, -0.2) is 0 Å². The first-order valence-electron chi connectivity index (χ1n) is 6.81. The number of hydrogen-bond donors (Lipinski definition) is 2. The number of rotatable bonds is 11. The maximum Gasteiger partial charge on any atom is 0.234 e. The van der Waals surface area contributed by atoms with Crippen LogP contribution in [-0.4, -0.2) is 61.4 Å². The zero-order valence-corrected chi connectivity index (χ0v) is 11.9. The molecule has 0 aromatic carbocycles. The third-order valence-corrected chi connectivity index (χ3v) is 2.42. The minimum atomic E-state index is 0.0152. The fraction of sp³-hybridized carbons (Fsp3) is 0.923. The van der Waals surface area contributed by atoms with Gasteiger partial charge in [-0.05, 0) is 33.2 Å². The van der Waals surface area contributed by atoms with Gasteiger partial charge < -0.3 is 15.2 Å². The van der Waals surface area contributed by atoms with Crippen molar-refractivity contribution in [3.05, 3.63) is 0 Å². The first-order chi connectivity index (χ1) is 8.60. The van der Waals surface area contributed by atoms with Crippen LogP contribution in [0.15, 0.2) is 0 Å². The number of ether oxygens (including phenoxy) is 1. The molecule has 0 saturated heterocycles. The minimum absolute atomic E-state index is 0.0152. The quantitative estimate of drug-likeness (QED) is 0.535. The van der Waals surface area contributed by atoms with Crippen molar-refractivity contribution < 1.29 is 14.6 Å². The van der Waals surface area contributed by atoms with Crippen LogP contribution in [0.4, 0.5) is 0 Å². The number of aliphatic hydroxyl groups is 1. The van der Waals surface area contributed by atoms with Crippen molar-refractivity contribution in [2.75, 3.05) is 39.4 Å². The Morgan fingerprint density at radius 3 is 2.67 bits per heavy atom. The summed E-state index contributed by atoms with van der Waals surface area (Å²) in [5, 5.41) is 11.7. The fourth-order valence-electron chi connectivity index (χ4n) is 1.61. The van der Waals surface area contributed by atoms with E-state index in [1.165, 1.54) is 0 Å². The molecule has 0 spiro atoms. The summed E-state index contributed by atoms with van der Waals surface area (Å²) < 4.78 is 5.39. The van der Waals surface area contributed by atoms with Gasteiger partial charge in [-0.15, -0.1) is 0 Å². The van der Waals surface area contributed by atoms with Crippen molar-refractivity contribution in [2.45, 2.75) is 39.7 Å². The van der Waals surface area contributed by atoms with Gasteiger partial charge in [0, 0.05) is 19.7 Å². The molecule has 0 radical (unpaired) electrons. The second kappa shape index (κ2) is 11.4. The molecule has 0 aromatic rings. The van der Waals surface area contributed by atoms with E-state index in [1.807, 2.05) is 18.7 Å². The van der Waals surface area contributed by atoms with E-state index in [-0.39, 0.29) is 18.6 Å². The lowest BCUT2D eigenvalue weighted by molar-refractivity contribution is -0.122. The van der Waals surface area contributed by atoms with Crippen molar-refractivity contribution >= 4 is 5.91 Å². The predicted molar refractivity (Wildman–Crippen MR) is 72.5 cm³/mol. The molecule has 0 fully saturated rings. The molecule has 0 aliphatic carbocycles. The van der Waals surface area contributed by atoms with Crippen LogP contribution in [0.2, 0.25) is 0 Å². The summed E-state index contributed by atoms with van der Waals surface area (Å²) in [5.74, 6) is 0.0152. The van der Waals surface area contributed by atoms with Crippen molar-refractivity contribution in [3.8, 4) is 0 Å². The smallest absolute Gasteiger partial charge is 0.234 e. The Hall–Kier alpha value is -0.650. The van der Waals surface area contributed by atoms with Gasteiger partial charge in [0.25, 0.3) is 0 Å². The highest BCUT2D eigenvalue weighted by Gasteiger charge is 2.08. The minimum Gasteiger partial charge on any atom is -0.395 e. The van der Waals surface area contributed by atoms with Crippen molar-refractivity contribution in [1.29, 1.82) is 0 Å². The SMILES string of the molecule is CCCN(CCO)CC(=O)NCCCOC(C)C. The Morgan fingerprint density at radius 2 is 2.11 bits per heavy atom. The third kappa shape index (κ3) is 10.5. The number of carbonyl (C=O) groups excluding carboxylic acids is 1. The van der Waals surface area contributed by atoms with Crippen LogP contribution in [0.1, 0.15) is 33.6 Å². The molecular formula is C13H28N2O3. The summed E-state index contributed by atoms with van der Waals surface area (Å²) in [6.45, 7) is 9.22. The van der Waals surface area contributed by atoms with Gasteiger partial charge in [0.15, 0.2) is 0 Å². The summed E-state index contributed by atoms with van der Waals surface area (Å²) in [6.07, 6.45) is 2.05. The second-order valence-electron chi connectivity index (χ2n) is 4.62. The van der Waals surface area contributed by atoms with Gasteiger partial charge in [0.05, 0.1) is 19.3 Å². The molecule has 5 nitrogen and oxygen atoms in total. The van der Waals surface area contributed by atoms with Gasteiger partial charge in [-0.2, -0.15) is 0 Å². The number of nitrogens with one attached hydrogen (secondary N) is 1. The molecule has 0 heterocycles. The van der Waals surface area contributed by atoms with E-state index in [4.69, 9.17) is 9.84 Å². The highest BCUT2D eigenvalue weighted by Crippen LogP contribution is 1.92. The molecule has 2 N–H and O–H groups in total. The molecule has 0 aliphatic heterocycles. The van der Waals surface area contributed by atoms with Crippen LogP contribution in [0.25, 0.3) is 0 Å². The lowest BCUT2D eigenvalue weighted by Crippen LogP contribution is -2.39. The topological polar surface area (TPSA) is 61.8 Å². The second-order valence-corrected chi connectivity index (χ2v) is 4.62. The van der Waals surface area contributed by atoms with Crippen LogP contribution in [0.3, 0.4) is 0 Å².